The normalized spacial score (nSPS) is 11.5. The first kappa shape index (κ1) is 13.7. The Morgan fingerprint density at radius 1 is 1.13 bits per heavy atom. The van der Waals surface area contributed by atoms with Crippen molar-refractivity contribution in [3.8, 4) is 0 Å². The zero-order valence-electron chi connectivity index (χ0n) is 8.43. The Hall–Kier alpha value is 0.671. The Labute approximate surface area is 132 Å². The van der Waals surface area contributed by atoms with Gasteiger partial charge in [0.05, 0.1) is 0 Å². The van der Waals surface area contributed by atoms with Gasteiger partial charge in [0.2, 0.25) is 0 Å². The molecular formula is C9H7BF3KS. The molecule has 0 aliphatic carbocycles. The van der Waals surface area contributed by atoms with Crippen molar-refractivity contribution < 1.29 is 64.3 Å². The van der Waals surface area contributed by atoms with E-state index >= 15 is 0 Å². The molecule has 15 heavy (non-hydrogen) atoms. The average Bonchev–Trinajstić information content (AvgIpc) is 2.38. The molecule has 2 aromatic rings. The molecule has 1 aromatic heterocycles. The van der Waals surface area contributed by atoms with Gasteiger partial charge in [-0.15, -0.1) is 11.3 Å². The molecule has 0 spiro atoms. The van der Waals surface area contributed by atoms with Gasteiger partial charge >= 0.3 is 58.4 Å². The summed E-state index contributed by atoms with van der Waals surface area (Å²) >= 11 is 1.20. The van der Waals surface area contributed by atoms with Crippen LogP contribution in [0.2, 0.25) is 0 Å². The number of hydrogen-bond acceptors (Lipinski definition) is 1. The summed E-state index contributed by atoms with van der Waals surface area (Å²) in [6.07, 6.45) is 0. The summed E-state index contributed by atoms with van der Waals surface area (Å²) in [6.45, 7) is -3.37. The molecule has 0 radical (unpaired) electrons. The molecule has 0 unspecified atom stereocenters. The van der Waals surface area contributed by atoms with Crippen molar-refractivity contribution in [3.63, 3.8) is 0 Å². The van der Waals surface area contributed by atoms with E-state index < -0.39 is 12.4 Å². The maximum absolute atomic E-state index is 12.7. The van der Waals surface area contributed by atoms with Crippen LogP contribution in [-0.2, 0) is 0 Å². The Kier molecular flexibility index (Phi) is 4.48. The molecule has 0 fully saturated rings. The minimum Gasteiger partial charge on any atom is -0.445 e. The van der Waals surface area contributed by atoms with Gasteiger partial charge in [0, 0.05) is 4.70 Å². The number of hydrogen-bond donors (Lipinski definition) is 0. The number of benzene rings is 1. The van der Waals surface area contributed by atoms with E-state index in [1.54, 1.807) is 18.2 Å². The molecule has 1 aromatic carbocycles. The first-order valence-electron chi connectivity index (χ1n) is 4.18. The number of aryl methyl sites for hydroxylation is 1. The standard InChI is InChI=1S/C9H7BF3S.K/c1-6-9(10(11,12)13)7-4-2-3-5-8(7)14-6;/h2-5H,1H3;/q-1;+1. The van der Waals surface area contributed by atoms with E-state index in [9.17, 15) is 12.9 Å². The Morgan fingerprint density at radius 3 is 2.33 bits per heavy atom. The van der Waals surface area contributed by atoms with Gasteiger partial charge in [0.1, 0.15) is 0 Å². The molecule has 0 nitrogen and oxygen atoms in total. The van der Waals surface area contributed by atoms with Gasteiger partial charge in [0.15, 0.2) is 0 Å². The van der Waals surface area contributed by atoms with E-state index in [2.05, 4.69) is 0 Å². The second kappa shape index (κ2) is 4.89. The van der Waals surface area contributed by atoms with Gasteiger partial charge in [-0.25, -0.2) is 0 Å². The van der Waals surface area contributed by atoms with Crippen molar-refractivity contribution in [1.29, 1.82) is 0 Å². The van der Waals surface area contributed by atoms with Crippen LogP contribution in [0.4, 0.5) is 12.9 Å². The van der Waals surface area contributed by atoms with Crippen molar-refractivity contribution in [2.45, 2.75) is 6.92 Å². The zero-order valence-corrected chi connectivity index (χ0v) is 12.4. The molecule has 6 heteroatoms. The van der Waals surface area contributed by atoms with E-state index in [1.807, 2.05) is 0 Å². The van der Waals surface area contributed by atoms with Gasteiger partial charge in [-0.2, -0.15) is 0 Å². The SMILES string of the molecule is Cc1sc2ccccc2c1[B-](F)(F)F.[K+]. The summed E-state index contributed by atoms with van der Waals surface area (Å²) in [6, 6.07) is 6.65. The summed E-state index contributed by atoms with van der Waals surface area (Å²) in [7, 11) is 0. The maximum Gasteiger partial charge on any atom is 1.00 e. The van der Waals surface area contributed by atoms with Crippen LogP contribution in [0.15, 0.2) is 24.3 Å². The average molecular weight is 254 g/mol. The van der Waals surface area contributed by atoms with Crippen molar-refractivity contribution in [3.05, 3.63) is 29.1 Å². The van der Waals surface area contributed by atoms with Crippen LogP contribution in [0.3, 0.4) is 0 Å². The van der Waals surface area contributed by atoms with Crippen LogP contribution < -0.4 is 56.8 Å². The Morgan fingerprint density at radius 2 is 1.73 bits per heavy atom. The fourth-order valence-corrected chi connectivity index (χ4v) is 2.71. The number of rotatable bonds is 1. The van der Waals surface area contributed by atoms with E-state index in [0.717, 1.165) is 0 Å². The van der Waals surface area contributed by atoms with Crippen LogP contribution in [0.1, 0.15) is 4.88 Å². The number of thiophene rings is 1. The third kappa shape index (κ3) is 2.68. The van der Waals surface area contributed by atoms with Gasteiger partial charge in [-0.3, -0.25) is 0 Å². The molecule has 0 atom stereocenters. The van der Waals surface area contributed by atoms with Crippen molar-refractivity contribution in [2.24, 2.45) is 0 Å². The fraction of sp³-hybridized carbons (Fsp3) is 0.111. The minimum atomic E-state index is -4.89. The number of fused-ring (bicyclic) bond motifs is 1. The monoisotopic (exact) mass is 254 g/mol. The maximum atomic E-state index is 12.7. The van der Waals surface area contributed by atoms with E-state index in [1.165, 1.54) is 24.3 Å². The Balaban J connectivity index is 0.00000112. The predicted molar refractivity (Wildman–Crippen MR) is 55.3 cm³/mol. The molecular weight excluding hydrogens is 247 g/mol. The van der Waals surface area contributed by atoms with Crippen LogP contribution in [-0.4, -0.2) is 6.98 Å². The van der Waals surface area contributed by atoms with Gasteiger partial charge in [-0.1, -0.05) is 23.7 Å². The summed E-state index contributed by atoms with van der Waals surface area (Å²) in [5, 5.41) is 0.336. The zero-order chi connectivity index (χ0) is 10.3. The van der Waals surface area contributed by atoms with Crippen LogP contribution >= 0.6 is 11.3 Å². The van der Waals surface area contributed by atoms with Crippen LogP contribution in [0.25, 0.3) is 10.1 Å². The molecule has 0 aliphatic rings. The molecule has 1 heterocycles. The molecule has 0 amide bonds. The van der Waals surface area contributed by atoms with Gasteiger partial charge < -0.3 is 12.9 Å². The summed E-state index contributed by atoms with van der Waals surface area (Å²) in [4.78, 5) is 0.360. The van der Waals surface area contributed by atoms with Crippen molar-refractivity contribution in [2.75, 3.05) is 0 Å². The molecule has 0 aliphatic heterocycles. The molecule has 2 rings (SSSR count). The third-order valence-electron chi connectivity index (χ3n) is 2.15. The van der Waals surface area contributed by atoms with Gasteiger partial charge in [-0.05, 0) is 23.3 Å². The largest absolute Gasteiger partial charge is 1.00 e. The fourth-order valence-electron chi connectivity index (χ4n) is 1.59. The molecule has 0 bridgehead atoms. The second-order valence-corrected chi connectivity index (χ2v) is 4.40. The van der Waals surface area contributed by atoms with Crippen molar-refractivity contribution >= 4 is 33.9 Å². The summed E-state index contributed by atoms with van der Waals surface area (Å²) in [5.74, 6) is 0. The molecule has 74 valence electrons. The van der Waals surface area contributed by atoms with E-state index in [4.69, 9.17) is 0 Å². The third-order valence-corrected chi connectivity index (χ3v) is 3.25. The van der Waals surface area contributed by atoms with E-state index in [0.29, 0.717) is 15.0 Å². The predicted octanol–water partition coefficient (Wildman–Crippen LogP) is 0.268. The number of halogens is 3. The van der Waals surface area contributed by atoms with Gasteiger partial charge in [0.25, 0.3) is 0 Å². The summed E-state index contributed by atoms with van der Waals surface area (Å²) < 4.78 is 38.8. The smallest absolute Gasteiger partial charge is 0.445 e. The molecule has 0 saturated heterocycles. The molecule has 0 saturated carbocycles. The first-order chi connectivity index (χ1) is 6.50. The topological polar surface area (TPSA) is 0 Å². The second-order valence-electron chi connectivity index (χ2n) is 3.14. The minimum absolute atomic E-state index is 0. The van der Waals surface area contributed by atoms with Crippen molar-refractivity contribution in [1.82, 2.24) is 0 Å². The first-order valence-corrected chi connectivity index (χ1v) is 5.00. The van der Waals surface area contributed by atoms with Crippen LogP contribution in [0, 0.1) is 6.92 Å². The van der Waals surface area contributed by atoms with Crippen LogP contribution in [0.5, 0.6) is 0 Å². The quantitative estimate of drug-likeness (QED) is 0.641. The Bertz CT molecular complexity index is 478. The van der Waals surface area contributed by atoms with E-state index in [-0.39, 0.29) is 51.4 Å². The summed E-state index contributed by atoms with van der Waals surface area (Å²) in [5.41, 5.74) is -0.425. The molecule has 0 N–H and O–H groups in total.